The molecule has 1 rings (SSSR count). The first-order valence-corrected chi connectivity index (χ1v) is 4.24. The third kappa shape index (κ3) is 3.37. The number of rotatable bonds is 3. The summed E-state index contributed by atoms with van der Waals surface area (Å²) in [6.45, 7) is 4.67. The normalized spacial score (nSPS) is 23.5. The lowest BCUT2D eigenvalue weighted by Crippen LogP contribution is -2.23. The first-order chi connectivity index (χ1) is 5.29. The van der Waals surface area contributed by atoms with Crippen LogP contribution in [0.15, 0.2) is 0 Å². The Labute approximate surface area is 67.5 Å². The highest BCUT2D eigenvalue weighted by Crippen LogP contribution is 2.10. The van der Waals surface area contributed by atoms with Crippen LogP contribution in [0.25, 0.3) is 0 Å². The molecule has 0 spiro atoms. The molecule has 0 bridgehead atoms. The maximum atomic E-state index is 10.5. The second-order valence-corrected chi connectivity index (χ2v) is 3.13. The number of nitrogens with one attached hydrogen (secondary N) is 2. The van der Waals surface area contributed by atoms with E-state index in [-0.39, 0.29) is 5.91 Å². The van der Waals surface area contributed by atoms with E-state index in [0.29, 0.717) is 0 Å². The zero-order valence-electron chi connectivity index (χ0n) is 7.02. The van der Waals surface area contributed by atoms with Crippen molar-refractivity contribution >= 4 is 5.91 Å². The minimum atomic E-state index is 0.0796. The number of hydrogen-bond donors (Lipinski definition) is 2. The standard InChI is InChI=1S/C8H16N2O/c1-7(11)10-5-3-8-2-4-9-6-8/h8-9H,2-6H2,1H3,(H,10,11). The molecule has 0 saturated carbocycles. The van der Waals surface area contributed by atoms with Crippen LogP contribution in [0.3, 0.4) is 0 Å². The van der Waals surface area contributed by atoms with Crippen LogP contribution in [-0.4, -0.2) is 25.5 Å². The zero-order valence-corrected chi connectivity index (χ0v) is 7.02. The van der Waals surface area contributed by atoms with Gasteiger partial charge in [-0.2, -0.15) is 0 Å². The van der Waals surface area contributed by atoms with E-state index in [2.05, 4.69) is 10.6 Å². The smallest absolute Gasteiger partial charge is 0.216 e. The van der Waals surface area contributed by atoms with Gasteiger partial charge in [0.15, 0.2) is 0 Å². The van der Waals surface area contributed by atoms with E-state index in [9.17, 15) is 4.79 Å². The third-order valence-electron chi connectivity index (χ3n) is 2.09. The summed E-state index contributed by atoms with van der Waals surface area (Å²) in [4.78, 5) is 10.5. The lowest BCUT2D eigenvalue weighted by atomic mass is 10.1. The molecule has 0 aromatic carbocycles. The van der Waals surface area contributed by atoms with E-state index in [4.69, 9.17) is 0 Å². The summed E-state index contributed by atoms with van der Waals surface area (Å²) in [7, 11) is 0. The van der Waals surface area contributed by atoms with Crippen LogP contribution < -0.4 is 10.6 Å². The topological polar surface area (TPSA) is 41.1 Å². The Kier molecular flexibility index (Phi) is 3.36. The number of hydrogen-bond acceptors (Lipinski definition) is 2. The lowest BCUT2D eigenvalue weighted by Gasteiger charge is -2.07. The molecule has 1 fully saturated rings. The predicted octanol–water partition coefficient (Wildman–Crippen LogP) is 0.122. The summed E-state index contributed by atoms with van der Waals surface area (Å²) in [5.74, 6) is 0.859. The highest BCUT2D eigenvalue weighted by atomic mass is 16.1. The Hall–Kier alpha value is -0.570. The molecule has 1 unspecified atom stereocenters. The van der Waals surface area contributed by atoms with Gasteiger partial charge in [0, 0.05) is 13.5 Å². The molecular weight excluding hydrogens is 140 g/mol. The molecule has 1 heterocycles. The molecule has 3 nitrogen and oxygen atoms in total. The van der Waals surface area contributed by atoms with Crippen molar-refractivity contribution in [3.05, 3.63) is 0 Å². The molecule has 1 atom stereocenters. The third-order valence-corrected chi connectivity index (χ3v) is 2.09. The fourth-order valence-corrected chi connectivity index (χ4v) is 1.41. The number of amides is 1. The van der Waals surface area contributed by atoms with Crippen molar-refractivity contribution in [3.63, 3.8) is 0 Å². The summed E-state index contributed by atoms with van der Waals surface area (Å²) in [5, 5.41) is 6.10. The van der Waals surface area contributed by atoms with Crippen molar-refractivity contribution in [1.82, 2.24) is 10.6 Å². The average Bonchev–Trinajstić information content (AvgIpc) is 2.39. The van der Waals surface area contributed by atoms with Gasteiger partial charge in [-0.05, 0) is 31.8 Å². The minimum Gasteiger partial charge on any atom is -0.356 e. The molecule has 0 radical (unpaired) electrons. The van der Waals surface area contributed by atoms with Gasteiger partial charge >= 0.3 is 0 Å². The van der Waals surface area contributed by atoms with Crippen LogP contribution in [0.5, 0.6) is 0 Å². The quantitative estimate of drug-likeness (QED) is 0.609. The van der Waals surface area contributed by atoms with Crippen LogP contribution in [0.1, 0.15) is 19.8 Å². The Morgan fingerprint density at radius 1 is 1.73 bits per heavy atom. The molecule has 1 aliphatic rings. The highest BCUT2D eigenvalue weighted by molar-refractivity contribution is 5.72. The lowest BCUT2D eigenvalue weighted by molar-refractivity contribution is -0.118. The van der Waals surface area contributed by atoms with Crippen LogP contribution in [0, 0.1) is 5.92 Å². The van der Waals surface area contributed by atoms with Gasteiger partial charge in [0.1, 0.15) is 0 Å². The van der Waals surface area contributed by atoms with Gasteiger partial charge in [0.25, 0.3) is 0 Å². The molecule has 0 aliphatic carbocycles. The highest BCUT2D eigenvalue weighted by Gasteiger charge is 2.13. The Balaban J connectivity index is 1.98. The van der Waals surface area contributed by atoms with Crippen LogP contribution in [-0.2, 0) is 4.79 Å². The molecule has 0 aromatic rings. The minimum absolute atomic E-state index is 0.0796. The Morgan fingerprint density at radius 2 is 2.55 bits per heavy atom. The molecule has 2 N–H and O–H groups in total. The van der Waals surface area contributed by atoms with E-state index >= 15 is 0 Å². The SMILES string of the molecule is CC(=O)NCCC1CCNC1. The van der Waals surface area contributed by atoms with Crippen LogP contribution in [0.4, 0.5) is 0 Å². The van der Waals surface area contributed by atoms with Gasteiger partial charge < -0.3 is 10.6 Å². The summed E-state index contributed by atoms with van der Waals surface area (Å²) >= 11 is 0. The summed E-state index contributed by atoms with van der Waals surface area (Å²) in [6, 6.07) is 0. The van der Waals surface area contributed by atoms with Gasteiger partial charge in [0.2, 0.25) is 5.91 Å². The molecule has 64 valence electrons. The van der Waals surface area contributed by atoms with Gasteiger partial charge in [-0.25, -0.2) is 0 Å². The van der Waals surface area contributed by atoms with E-state index in [1.165, 1.54) is 6.42 Å². The summed E-state index contributed by atoms with van der Waals surface area (Å²) < 4.78 is 0. The van der Waals surface area contributed by atoms with Crippen LogP contribution >= 0.6 is 0 Å². The number of carbonyl (C=O) groups excluding carboxylic acids is 1. The molecule has 11 heavy (non-hydrogen) atoms. The fourth-order valence-electron chi connectivity index (χ4n) is 1.41. The van der Waals surface area contributed by atoms with Crippen molar-refractivity contribution < 1.29 is 4.79 Å². The molecule has 0 aromatic heterocycles. The van der Waals surface area contributed by atoms with E-state index < -0.39 is 0 Å². The second-order valence-electron chi connectivity index (χ2n) is 3.13. The molecule has 1 amide bonds. The number of carbonyl (C=O) groups is 1. The molecular formula is C8H16N2O. The Bertz CT molecular complexity index is 130. The monoisotopic (exact) mass is 156 g/mol. The van der Waals surface area contributed by atoms with E-state index in [1.807, 2.05) is 0 Å². The van der Waals surface area contributed by atoms with Gasteiger partial charge in [-0.1, -0.05) is 0 Å². The Morgan fingerprint density at radius 3 is 3.09 bits per heavy atom. The summed E-state index contributed by atoms with van der Waals surface area (Å²) in [5.41, 5.74) is 0. The van der Waals surface area contributed by atoms with Gasteiger partial charge in [-0.3, -0.25) is 4.79 Å². The maximum absolute atomic E-state index is 10.5. The molecule has 3 heteroatoms. The van der Waals surface area contributed by atoms with Gasteiger partial charge in [-0.15, -0.1) is 0 Å². The van der Waals surface area contributed by atoms with Crippen molar-refractivity contribution in [1.29, 1.82) is 0 Å². The van der Waals surface area contributed by atoms with Crippen molar-refractivity contribution in [2.75, 3.05) is 19.6 Å². The fraction of sp³-hybridized carbons (Fsp3) is 0.875. The summed E-state index contributed by atoms with van der Waals surface area (Å²) in [6.07, 6.45) is 2.38. The van der Waals surface area contributed by atoms with Crippen molar-refractivity contribution in [3.8, 4) is 0 Å². The van der Waals surface area contributed by atoms with E-state index in [1.54, 1.807) is 6.92 Å². The molecule has 1 aliphatic heterocycles. The predicted molar refractivity (Wildman–Crippen MR) is 44.3 cm³/mol. The van der Waals surface area contributed by atoms with E-state index in [0.717, 1.165) is 32.0 Å². The largest absolute Gasteiger partial charge is 0.356 e. The average molecular weight is 156 g/mol. The first-order valence-electron chi connectivity index (χ1n) is 4.24. The second kappa shape index (κ2) is 4.34. The van der Waals surface area contributed by atoms with Gasteiger partial charge in [0.05, 0.1) is 0 Å². The van der Waals surface area contributed by atoms with Crippen molar-refractivity contribution in [2.24, 2.45) is 5.92 Å². The first kappa shape index (κ1) is 8.53. The van der Waals surface area contributed by atoms with Crippen molar-refractivity contribution in [2.45, 2.75) is 19.8 Å². The zero-order chi connectivity index (χ0) is 8.10. The maximum Gasteiger partial charge on any atom is 0.216 e. The van der Waals surface area contributed by atoms with Crippen LogP contribution in [0.2, 0.25) is 0 Å². The molecule has 1 saturated heterocycles.